The number of benzene rings is 1. The molecule has 0 spiro atoms. The van der Waals surface area contributed by atoms with Gasteiger partial charge in [0.25, 0.3) is 0 Å². The Morgan fingerprint density at radius 2 is 1.88 bits per heavy atom. The van der Waals surface area contributed by atoms with Crippen molar-refractivity contribution in [1.29, 1.82) is 0 Å². The number of amides is 1. The highest BCUT2D eigenvalue weighted by molar-refractivity contribution is 5.81. The molecule has 0 aromatic heterocycles. The molecule has 0 bridgehead atoms. The second-order valence-corrected chi connectivity index (χ2v) is 4.66. The molecule has 0 heterocycles. The van der Waals surface area contributed by atoms with E-state index in [9.17, 15) is 4.79 Å². The molecule has 0 saturated carbocycles. The Balaban J connectivity index is 2.52. The van der Waals surface area contributed by atoms with E-state index in [0.29, 0.717) is 6.54 Å². The van der Waals surface area contributed by atoms with Crippen LogP contribution < -0.4 is 11.1 Å². The maximum Gasteiger partial charge on any atom is 0.225 e. The van der Waals surface area contributed by atoms with Gasteiger partial charge in [0.2, 0.25) is 5.91 Å². The molecule has 3 N–H and O–H groups in total. The number of nitrogen functional groups attached to an aromatic ring is 1. The van der Waals surface area contributed by atoms with Gasteiger partial charge in [0.15, 0.2) is 0 Å². The number of hydrogen-bond donors (Lipinski definition) is 2. The summed E-state index contributed by atoms with van der Waals surface area (Å²) in [5.41, 5.74) is 7.09. The number of rotatable bonds is 4. The number of carbonyl (C=O) groups is 1. The zero-order chi connectivity index (χ0) is 12.2. The average molecular weight is 220 g/mol. The summed E-state index contributed by atoms with van der Waals surface area (Å²) in [6.07, 6.45) is 0.834. The lowest BCUT2D eigenvalue weighted by Gasteiger charge is -2.21. The quantitative estimate of drug-likeness (QED) is 0.765. The van der Waals surface area contributed by atoms with E-state index in [1.54, 1.807) is 0 Å². The molecule has 0 fully saturated rings. The van der Waals surface area contributed by atoms with Crippen LogP contribution in [-0.2, 0) is 11.3 Å². The molecule has 0 atom stereocenters. The third kappa shape index (κ3) is 3.26. The van der Waals surface area contributed by atoms with Crippen LogP contribution in [0.1, 0.15) is 32.8 Å². The second kappa shape index (κ2) is 5.01. The minimum atomic E-state index is -0.298. The minimum Gasteiger partial charge on any atom is -0.399 e. The maximum atomic E-state index is 11.8. The largest absolute Gasteiger partial charge is 0.399 e. The smallest absolute Gasteiger partial charge is 0.225 e. The first-order valence-corrected chi connectivity index (χ1v) is 5.58. The summed E-state index contributed by atoms with van der Waals surface area (Å²) in [5.74, 6) is 0.0897. The molecular weight excluding hydrogens is 200 g/mol. The summed E-state index contributed by atoms with van der Waals surface area (Å²) in [5, 5.41) is 2.93. The normalized spacial score (nSPS) is 11.2. The molecule has 3 heteroatoms. The van der Waals surface area contributed by atoms with E-state index >= 15 is 0 Å². The predicted octanol–water partition coefficient (Wildman–Crippen LogP) is 2.32. The standard InChI is InChI=1S/C13H20N2O/c1-4-13(2,3)12(16)15-9-10-5-7-11(14)8-6-10/h5-8H,4,9,14H2,1-3H3,(H,15,16). The Hall–Kier alpha value is -1.51. The van der Waals surface area contributed by atoms with E-state index in [0.717, 1.165) is 17.7 Å². The Morgan fingerprint density at radius 3 is 2.38 bits per heavy atom. The first-order valence-electron chi connectivity index (χ1n) is 5.58. The molecule has 3 nitrogen and oxygen atoms in total. The number of hydrogen-bond acceptors (Lipinski definition) is 2. The van der Waals surface area contributed by atoms with Crippen LogP contribution in [0.3, 0.4) is 0 Å². The van der Waals surface area contributed by atoms with Gasteiger partial charge >= 0.3 is 0 Å². The fourth-order valence-electron chi connectivity index (χ4n) is 1.22. The van der Waals surface area contributed by atoms with E-state index < -0.39 is 0 Å². The molecule has 1 aromatic rings. The van der Waals surface area contributed by atoms with Crippen molar-refractivity contribution in [2.45, 2.75) is 33.7 Å². The van der Waals surface area contributed by atoms with Crippen molar-refractivity contribution in [1.82, 2.24) is 5.32 Å². The second-order valence-electron chi connectivity index (χ2n) is 4.66. The van der Waals surface area contributed by atoms with Crippen LogP contribution in [0.15, 0.2) is 24.3 Å². The molecule has 1 rings (SSSR count). The highest BCUT2D eigenvalue weighted by atomic mass is 16.2. The van der Waals surface area contributed by atoms with Gasteiger partial charge in [0.05, 0.1) is 0 Å². The molecule has 0 radical (unpaired) electrons. The third-order valence-electron chi connectivity index (χ3n) is 2.93. The lowest BCUT2D eigenvalue weighted by atomic mass is 9.89. The van der Waals surface area contributed by atoms with Crippen LogP contribution in [0.5, 0.6) is 0 Å². The van der Waals surface area contributed by atoms with Crippen LogP contribution in [-0.4, -0.2) is 5.91 Å². The third-order valence-corrected chi connectivity index (χ3v) is 2.93. The first kappa shape index (κ1) is 12.6. The molecule has 0 saturated heterocycles. The summed E-state index contributed by atoms with van der Waals surface area (Å²) in [7, 11) is 0. The Bertz CT molecular complexity index is 355. The molecule has 0 unspecified atom stereocenters. The van der Waals surface area contributed by atoms with E-state index in [-0.39, 0.29) is 11.3 Å². The lowest BCUT2D eigenvalue weighted by Crippen LogP contribution is -2.35. The fraction of sp³-hybridized carbons (Fsp3) is 0.462. The molecular formula is C13H20N2O. The molecule has 1 amide bonds. The van der Waals surface area contributed by atoms with E-state index in [4.69, 9.17) is 5.73 Å². The highest BCUT2D eigenvalue weighted by Crippen LogP contribution is 2.19. The van der Waals surface area contributed by atoms with Gasteiger partial charge in [0, 0.05) is 17.6 Å². The summed E-state index contributed by atoms with van der Waals surface area (Å²) >= 11 is 0. The number of nitrogens with two attached hydrogens (primary N) is 1. The van der Waals surface area contributed by atoms with Crippen molar-refractivity contribution in [2.75, 3.05) is 5.73 Å². The first-order chi connectivity index (χ1) is 7.45. The zero-order valence-corrected chi connectivity index (χ0v) is 10.2. The van der Waals surface area contributed by atoms with Crippen molar-refractivity contribution in [3.05, 3.63) is 29.8 Å². The number of nitrogens with one attached hydrogen (secondary N) is 1. The SMILES string of the molecule is CCC(C)(C)C(=O)NCc1ccc(N)cc1. The maximum absolute atomic E-state index is 11.8. The molecule has 88 valence electrons. The highest BCUT2D eigenvalue weighted by Gasteiger charge is 2.24. The van der Waals surface area contributed by atoms with Crippen LogP contribution in [0, 0.1) is 5.41 Å². The minimum absolute atomic E-state index is 0.0897. The van der Waals surface area contributed by atoms with Gasteiger partial charge in [-0.25, -0.2) is 0 Å². The van der Waals surface area contributed by atoms with Crippen LogP contribution in [0.25, 0.3) is 0 Å². The predicted molar refractivity (Wildman–Crippen MR) is 66.8 cm³/mol. The van der Waals surface area contributed by atoms with E-state index in [1.807, 2.05) is 45.0 Å². The number of anilines is 1. The van der Waals surface area contributed by atoms with Gasteiger partial charge in [-0.05, 0) is 24.1 Å². The topological polar surface area (TPSA) is 55.1 Å². The average Bonchev–Trinajstić information content (AvgIpc) is 2.28. The van der Waals surface area contributed by atoms with Crippen molar-refractivity contribution in [3.8, 4) is 0 Å². The number of carbonyl (C=O) groups excluding carboxylic acids is 1. The van der Waals surface area contributed by atoms with Crippen molar-refractivity contribution in [3.63, 3.8) is 0 Å². The molecule has 1 aromatic carbocycles. The summed E-state index contributed by atoms with van der Waals surface area (Å²) in [6, 6.07) is 7.53. The summed E-state index contributed by atoms with van der Waals surface area (Å²) < 4.78 is 0. The molecule has 0 aliphatic carbocycles. The van der Waals surface area contributed by atoms with E-state index in [2.05, 4.69) is 5.32 Å². The van der Waals surface area contributed by atoms with Gasteiger partial charge < -0.3 is 11.1 Å². The molecule has 0 aliphatic heterocycles. The van der Waals surface area contributed by atoms with Crippen LogP contribution in [0.4, 0.5) is 5.69 Å². The fourth-order valence-corrected chi connectivity index (χ4v) is 1.22. The van der Waals surface area contributed by atoms with Crippen molar-refractivity contribution < 1.29 is 4.79 Å². The van der Waals surface area contributed by atoms with Gasteiger partial charge in [-0.3, -0.25) is 4.79 Å². The van der Waals surface area contributed by atoms with Crippen LogP contribution in [0.2, 0.25) is 0 Å². The zero-order valence-electron chi connectivity index (χ0n) is 10.2. The monoisotopic (exact) mass is 220 g/mol. The van der Waals surface area contributed by atoms with Crippen molar-refractivity contribution >= 4 is 11.6 Å². The van der Waals surface area contributed by atoms with Gasteiger partial charge in [-0.1, -0.05) is 32.9 Å². The summed E-state index contributed by atoms with van der Waals surface area (Å²) in [6.45, 7) is 6.47. The Kier molecular flexibility index (Phi) is 3.93. The van der Waals surface area contributed by atoms with Gasteiger partial charge in [-0.15, -0.1) is 0 Å². The molecule has 0 aliphatic rings. The Labute approximate surface area is 97.0 Å². The van der Waals surface area contributed by atoms with Gasteiger partial charge in [-0.2, -0.15) is 0 Å². The Morgan fingerprint density at radius 1 is 1.31 bits per heavy atom. The lowest BCUT2D eigenvalue weighted by molar-refractivity contribution is -0.129. The molecule has 16 heavy (non-hydrogen) atoms. The van der Waals surface area contributed by atoms with Gasteiger partial charge in [0.1, 0.15) is 0 Å². The van der Waals surface area contributed by atoms with E-state index in [1.165, 1.54) is 0 Å². The van der Waals surface area contributed by atoms with Crippen molar-refractivity contribution in [2.24, 2.45) is 5.41 Å². The van der Waals surface area contributed by atoms with Crippen LogP contribution >= 0.6 is 0 Å². The summed E-state index contributed by atoms with van der Waals surface area (Å²) in [4.78, 5) is 11.8.